The number of benzene rings is 2. The lowest BCUT2D eigenvalue weighted by Gasteiger charge is -2.35. The number of methoxy groups -OCH3 is 5. The van der Waals surface area contributed by atoms with Gasteiger partial charge in [0.15, 0.2) is 23.0 Å². The summed E-state index contributed by atoms with van der Waals surface area (Å²) in [4.78, 5) is 2.37. The molecule has 0 amide bonds. The maximum atomic E-state index is 5.54. The van der Waals surface area contributed by atoms with Gasteiger partial charge in [-0.15, -0.1) is 12.4 Å². The molecule has 0 fully saturated rings. The summed E-state index contributed by atoms with van der Waals surface area (Å²) in [5.74, 6) is 3.48. The second-order valence-corrected chi connectivity index (χ2v) is 6.89. The lowest BCUT2D eigenvalue weighted by Crippen LogP contribution is -2.33. The van der Waals surface area contributed by atoms with Gasteiger partial charge in [0.05, 0.1) is 35.5 Å². The molecule has 0 saturated heterocycles. The van der Waals surface area contributed by atoms with Crippen LogP contribution in [0.2, 0.25) is 0 Å². The minimum absolute atomic E-state index is 0. The molecule has 0 bridgehead atoms. The second kappa shape index (κ2) is 9.94. The minimum atomic E-state index is 0. The van der Waals surface area contributed by atoms with Crippen molar-refractivity contribution in [1.82, 2.24) is 4.90 Å². The molecule has 2 aromatic carbocycles. The quantitative estimate of drug-likeness (QED) is 0.672. The van der Waals surface area contributed by atoms with Gasteiger partial charge in [-0.3, -0.25) is 4.90 Å². The van der Waals surface area contributed by atoms with E-state index in [-0.39, 0.29) is 18.4 Å². The molecule has 160 valence electrons. The van der Waals surface area contributed by atoms with Gasteiger partial charge in [-0.25, -0.2) is 0 Å². The van der Waals surface area contributed by atoms with Crippen LogP contribution in [0.25, 0.3) is 0 Å². The van der Waals surface area contributed by atoms with E-state index >= 15 is 0 Å². The highest BCUT2D eigenvalue weighted by Gasteiger charge is 2.28. The second-order valence-electron chi connectivity index (χ2n) is 6.89. The van der Waals surface area contributed by atoms with Crippen molar-refractivity contribution in [3.05, 3.63) is 41.0 Å². The first kappa shape index (κ1) is 23.0. The Labute approximate surface area is 179 Å². The molecule has 1 aliphatic heterocycles. The first-order chi connectivity index (χ1) is 13.6. The van der Waals surface area contributed by atoms with E-state index in [4.69, 9.17) is 23.7 Å². The zero-order valence-corrected chi connectivity index (χ0v) is 18.7. The molecule has 0 aromatic heterocycles. The molecule has 0 radical (unpaired) electrons. The summed E-state index contributed by atoms with van der Waals surface area (Å²) >= 11 is 0. The Morgan fingerprint density at radius 2 is 1.34 bits per heavy atom. The van der Waals surface area contributed by atoms with Crippen molar-refractivity contribution in [2.75, 3.05) is 49.1 Å². The fourth-order valence-corrected chi connectivity index (χ4v) is 3.90. The predicted octanol–water partition coefficient (Wildman–Crippen LogP) is 3.92. The van der Waals surface area contributed by atoms with E-state index in [2.05, 4.69) is 24.1 Å². The van der Waals surface area contributed by atoms with Crippen LogP contribution in [0.1, 0.15) is 22.7 Å². The Bertz CT molecular complexity index is 817. The number of halogens is 1. The standard InChI is InChI=1S/C22H29NO5.ClH/c1-23-8-7-15-12-18(24-2)19(25-3)13-16(15)17(23)9-14-10-20(26-4)22(28-6)21(11-14)27-5;/h10-13,17H,7-9H2,1-6H3;1H. The van der Waals surface area contributed by atoms with Crippen LogP contribution in [0.15, 0.2) is 24.3 Å². The van der Waals surface area contributed by atoms with Gasteiger partial charge in [-0.2, -0.15) is 0 Å². The van der Waals surface area contributed by atoms with Crippen molar-refractivity contribution >= 4 is 12.4 Å². The highest BCUT2D eigenvalue weighted by molar-refractivity contribution is 5.85. The number of hydrogen-bond donors (Lipinski definition) is 0. The van der Waals surface area contributed by atoms with Crippen LogP contribution in [0.4, 0.5) is 0 Å². The largest absolute Gasteiger partial charge is 0.493 e. The maximum absolute atomic E-state index is 5.54. The van der Waals surface area contributed by atoms with Crippen molar-refractivity contribution in [3.63, 3.8) is 0 Å². The Morgan fingerprint density at radius 3 is 1.86 bits per heavy atom. The Hall–Kier alpha value is -2.31. The van der Waals surface area contributed by atoms with Crippen LogP contribution in [-0.2, 0) is 12.8 Å². The van der Waals surface area contributed by atoms with Gasteiger partial charge in [-0.05, 0) is 60.8 Å². The molecular formula is C22H30ClNO5. The highest BCUT2D eigenvalue weighted by Crippen LogP contribution is 2.42. The van der Waals surface area contributed by atoms with Crippen molar-refractivity contribution in [2.24, 2.45) is 0 Å². The molecule has 1 unspecified atom stereocenters. The molecule has 2 aromatic rings. The molecule has 0 spiro atoms. The predicted molar refractivity (Wildman–Crippen MR) is 116 cm³/mol. The van der Waals surface area contributed by atoms with Crippen molar-refractivity contribution in [1.29, 1.82) is 0 Å². The van der Waals surface area contributed by atoms with Crippen LogP contribution in [-0.4, -0.2) is 54.0 Å². The zero-order chi connectivity index (χ0) is 20.3. The fraction of sp³-hybridized carbons (Fsp3) is 0.455. The van der Waals surface area contributed by atoms with Gasteiger partial charge in [0.2, 0.25) is 5.75 Å². The number of hydrogen-bond acceptors (Lipinski definition) is 6. The summed E-state index contributed by atoms with van der Waals surface area (Å²) < 4.78 is 27.5. The highest BCUT2D eigenvalue weighted by atomic mass is 35.5. The average molecular weight is 424 g/mol. The molecule has 1 aliphatic rings. The van der Waals surface area contributed by atoms with E-state index in [1.54, 1.807) is 35.5 Å². The molecule has 0 N–H and O–H groups in total. The van der Waals surface area contributed by atoms with Gasteiger partial charge in [-0.1, -0.05) is 0 Å². The van der Waals surface area contributed by atoms with Crippen molar-refractivity contribution in [3.8, 4) is 28.7 Å². The lowest BCUT2D eigenvalue weighted by molar-refractivity contribution is 0.227. The smallest absolute Gasteiger partial charge is 0.203 e. The number of likely N-dealkylation sites (N-methyl/N-ethyl adjacent to an activating group) is 1. The number of nitrogens with zero attached hydrogens (tertiary/aromatic N) is 1. The van der Waals surface area contributed by atoms with E-state index in [0.717, 1.165) is 36.4 Å². The monoisotopic (exact) mass is 423 g/mol. The van der Waals surface area contributed by atoms with E-state index in [0.29, 0.717) is 17.2 Å². The summed E-state index contributed by atoms with van der Waals surface area (Å²) in [6.45, 7) is 0.984. The van der Waals surface area contributed by atoms with Crippen LogP contribution >= 0.6 is 12.4 Å². The molecular weight excluding hydrogens is 394 g/mol. The molecule has 1 atom stereocenters. The van der Waals surface area contributed by atoms with Gasteiger partial charge >= 0.3 is 0 Å². The molecule has 1 heterocycles. The first-order valence-electron chi connectivity index (χ1n) is 9.30. The SMILES string of the molecule is COc1cc2c(cc1OC)C(Cc1cc(OC)c(OC)c(OC)c1)N(C)CC2.Cl. The zero-order valence-electron chi connectivity index (χ0n) is 17.9. The van der Waals surface area contributed by atoms with Crippen LogP contribution in [0.5, 0.6) is 28.7 Å². The molecule has 0 saturated carbocycles. The third-order valence-corrected chi connectivity index (χ3v) is 5.42. The molecule has 29 heavy (non-hydrogen) atoms. The van der Waals surface area contributed by atoms with Crippen LogP contribution in [0.3, 0.4) is 0 Å². The van der Waals surface area contributed by atoms with E-state index in [9.17, 15) is 0 Å². The van der Waals surface area contributed by atoms with Gasteiger partial charge < -0.3 is 23.7 Å². The third kappa shape index (κ3) is 4.49. The van der Waals surface area contributed by atoms with Crippen molar-refractivity contribution < 1.29 is 23.7 Å². The van der Waals surface area contributed by atoms with Gasteiger partial charge in [0, 0.05) is 12.6 Å². The summed E-state index contributed by atoms with van der Waals surface area (Å²) in [6.07, 6.45) is 1.80. The summed E-state index contributed by atoms with van der Waals surface area (Å²) in [7, 11) is 10.4. The summed E-state index contributed by atoms with van der Waals surface area (Å²) in [6, 6.07) is 8.45. The van der Waals surface area contributed by atoms with E-state index in [1.807, 2.05) is 12.1 Å². The minimum Gasteiger partial charge on any atom is -0.493 e. The van der Waals surface area contributed by atoms with Crippen LogP contribution in [0, 0.1) is 0 Å². The van der Waals surface area contributed by atoms with Gasteiger partial charge in [0.1, 0.15) is 0 Å². The maximum Gasteiger partial charge on any atom is 0.203 e. The van der Waals surface area contributed by atoms with Crippen LogP contribution < -0.4 is 23.7 Å². The number of fused-ring (bicyclic) bond motifs is 1. The fourth-order valence-electron chi connectivity index (χ4n) is 3.90. The topological polar surface area (TPSA) is 49.4 Å². The number of ether oxygens (including phenoxy) is 5. The normalized spacial score (nSPS) is 15.7. The summed E-state index contributed by atoms with van der Waals surface area (Å²) in [5, 5.41) is 0. The molecule has 0 aliphatic carbocycles. The molecule has 3 rings (SSSR count). The van der Waals surface area contributed by atoms with Gasteiger partial charge in [0.25, 0.3) is 0 Å². The van der Waals surface area contributed by atoms with Crippen molar-refractivity contribution in [2.45, 2.75) is 18.9 Å². The summed E-state index contributed by atoms with van der Waals surface area (Å²) in [5.41, 5.74) is 3.68. The first-order valence-corrected chi connectivity index (χ1v) is 9.30. The number of rotatable bonds is 7. The Balaban J connectivity index is 0.00000300. The van der Waals surface area contributed by atoms with E-state index in [1.165, 1.54) is 11.1 Å². The molecule has 7 heteroatoms. The van der Waals surface area contributed by atoms with E-state index < -0.39 is 0 Å². The molecule has 6 nitrogen and oxygen atoms in total. The third-order valence-electron chi connectivity index (χ3n) is 5.42. The average Bonchev–Trinajstić information content (AvgIpc) is 2.73. The Morgan fingerprint density at radius 1 is 0.793 bits per heavy atom. The Kier molecular flexibility index (Phi) is 7.88. The lowest BCUT2D eigenvalue weighted by atomic mass is 9.88.